The molecule has 14 heavy (non-hydrogen) atoms. The van der Waals surface area contributed by atoms with Crippen LogP contribution in [0.25, 0.3) is 0 Å². The Balaban J connectivity index is 3.26. The highest BCUT2D eigenvalue weighted by Gasteiger charge is 2.15. The quantitative estimate of drug-likeness (QED) is 0.622. The van der Waals surface area contributed by atoms with Crippen LogP contribution in [0.15, 0.2) is 6.07 Å². The average molecular weight is 308 g/mol. The van der Waals surface area contributed by atoms with Gasteiger partial charge in [0, 0.05) is 0 Å². The van der Waals surface area contributed by atoms with Crippen LogP contribution in [0.1, 0.15) is 23.2 Å². The predicted molar refractivity (Wildman–Crippen MR) is 56.0 cm³/mol. The van der Waals surface area contributed by atoms with Crippen molar-refractivity contribution in [1.29, 1.82) is 5.26 Å². The Bertz CT molecular complexity index is 385. The second kappa shape index (κ2) is 4.64. The van der Waals surface area contributed by atoms with Gasteiger partial charge in [0.1, 0.15) is 9.39 Å². The van der Waals surface area contributed by atoms with Crippen LogP contribution in [0.3, 0.4) is 0 Å². The second-order valence-corrected chi connectivity index (χ2v) is 3.86. The average Bonchev–Trinajstić information content (AvgIpc) is 2.10. The third-order valence-corrected chi connectivity index (χ3v) is 2.42. The molecule has 0 unspecified atom stereocenters. The third kappa shape index (κ3) is 2.38. The lowest BCUT2D eigenvalue weighted by atomic mass is 10.1. The fraction of sp³-hybridized carbons (Fsp3) is 0.333. The van der Waals surface area contributed by atoms with Crippen molar-refractivity contribution in [3.63, 3.8) is 0 Å². The zero-order valence-corrected chi connectivity index (χ0v) is 9.55. The van der Waals surface area contributed by atoms with Crippen LogP contribution in [0.2, 0.25) is 0 Å². The lowest BCUT2D eigenvalue weighted by Gasteiger charge is -2.08. The highest BCUT2D eigenvalue weighted by molar-refractivity contribution is 14.1. The number of rotatable bonds is 2. The van der Waals surface area contributed by atoms with Crippen molar-refractivity contribution < 1.29 is 8.78 Å². The van der Waals surface area contributed by atoms with E-state index in [2.05, 4.69) is 4.98 Å². The van der Waals surface area contributed by atoms with Crippen molar-refractivity contribution in [2.24, 2.45) is 0 Å². The summed E-state index contributed by atoms with van der Waals surface area (Å²) in [6.07, 6.45) is -2.44. The Morgan fingerprint density at radius 1 is 1.64 bits per heavy atom. The van der Waals surface area contributed by atoms with Gasteiger partial charge in [0.25, 0.3) is 6.43 Å². The predicted octanol–water partition coefficient (Wildman–Crippen LogP) is 3.00. The van der Waals surface area contributed by atoms with Crippen LogP contribution in [0.4, 0.5) is 8.78 Å². The van der Waals surface area contributed by atoms with E-state index in [1.165, 1.54) is 0 Å². The number of hydrogen-bond donors (Lipinski definition) is 0. The van der Waals surface area contributed by atoms with Crippen LogP contribution in [0.5, 0.6) is 0 Å². The largest absolute Gasteiger partial charge is 0.280 e. The minimum absolute atomic E-state index is 0.143. The molecule has 0 saturated carbocycles. The monoisotopic (exact) mass is 308 g/mol. The first kappa shape index (κ1) is 11.3. The fourth-order valence-corrected chi connectivity index (χ4v) is 1.76. The van der Waals surface area contributed by atoms with Gasteiger partial charge in [0.05, 0.1) is 12.5 Å². The van der Waals surface area contributed by atoms with E-state index in [0.717, 1.165) is 0 Å². The lowest BCUT2D eigenvalue weighted by Crippen LogP contribution is -2.01. The van der Waals surface area contributed by atoms with Crippen molar-refractivity contribution in [3.05, 3.63) is 26.6 Å². The van der Waals surface area contributed by atoms with E-state index in [1.807, 2.05) is 28.7 Å². The van der Waals surface area contributed by atoms with E-state index >= 15 is 0 Å². The Kier molecular flexibility index (Phi) is 3.75. The van der Waals surface area contributed by atoms with Gasteiger partial charge in [-0.2, -0.15) is 5.26 Å². The maximum absolute atomic E-state index is 12.5. The minimum atomic E-state index is -2.58. The van der Waals surface area contributed by atoms with Gasteiger partial charge >= 0.3 is 0 Å². The van der Waals surface area contributed by atoms with Crippen molar-refractivity contribution in [3.8, 4) is 6.07 Å². The maximum atomic E-state index is 12.5. The van der Waals surface area contributed by atoms with E-state index in [4.69, 9.17) is 5.26 Å². The SMILES string of the molecule is Cc1c(CC#N)cc(I)nc1C(F)F. The molecule has 0 atom stereocenters. The summed E-state index contributed by atoms with van der Waals surface area (Å²) in [6, 6.07) is 3.60. The summed E-state index contributed by atoms with van der Waals surface area (Å²) in [6.45, 7) is 1.57. The Morgan fingerprint density at radius 2 is 2.29 bits per heavy atom. The molecule has 0 amide bonds. The molecule has 1 heterocycles. The Hall–Kier alpha value is -0.770. The summed E-state index contributed by atoms with van der Waals surface area (Å²) in [5.74, 6) is 0. The first-order valence-electron chi connectivity index (χ1n) is 3.87. The first-order chi connectivity index (χ1) is 6.56. The number of hydrogen-bond acceptors (Lipinski definition) is 2. The zero-order chi connectivity index (χ0) is 10.7. The van der Waals surface area contributed by atoms with Gasteiger partial charge in [-0.3, -0.25) is 0 Å². The molecule has 5 heteroatoms. The molecule has 0 aliphatic carbocycles. The Morgan fingerprint density at radius 3 is 2.79 bits per heavy atom. The van der Waals surface area contributed by atoms with Gasteiger partial charge in [0.15, 0.2) is 0 Å². The van der Waals surface area contributed by atoms with Crippen LogP contribution in [-0.4, -0.2) is 4.98 Å². The van der Waals surface area contributed by atoms with Gasteiger partial charge in [-0.1, -0.05) is 0 Å². The summed E-state index contributed by atoms with van der Waals surface area (Å²) in [4.78, 5) is 3.74. The summed E-state index contributed by atoms with van der Waals surface area (Å²) < 4.78 is 25.5. The van der Waals surface area contributed by atoms with E-state index in [1.54, 1.807) is 13.0 Å². The first-order valence-corrected chi connectivity index (χ1v) is 4.95. The summed E-state index contributed by atoms with van der Waals surface area (Å²) in [5.41, 5.74) is 0.825. The molecular formula is C9H7F2IN2. The third-order valence-electron chi connectivity index (χ3n) is 1.86. The number of nitriles is 1. The number of pyridine rings is 1. The molecule has 0 aliphatic rings. The molecule has 0 aliphatic heterocycles. The topological polar surface area (TPSA) is 36.7 Å². The van der Waals surface area contributed by atoms with Crippen molar-refractivity contribution in [1.82, 2.24) is 4.98 Å². The highest BCUT2D eigenvalue weighted by Crippen LogP contribution is 2.24. The summed E-state index contributed by atoms with van der Waals surface area (Å²) in [5, 5.41) is 8.50. The fourth-order valence-electron chi connectivity index (χ4n) is 1.13. The van der Waals surface area contributed by atoms with Crippen molar-refractivity contribution in [2.75, 3.05) is 0 Å². The molecule has 0 aromatic carbocycles. The van der Waals surface area contributed by atoms with Gasteiger partial charge in [-0.15, -0.1) is 0 Å². The molecular weight excluding hydrogens is 301 g/mol. The molecule has 2 nitrogen and oxygen atoms in total. The van der Waals surface area contributed by atoms with Crippen LogP contribution >= 0.6 is 22.6 Å². The van der Waals surface area contributed by atoms with E-state index < -0.39 is 6.43 Å². The normalized spacial score (nSPS) is 10.3. The molecule has 1 aromatic heterocycles. The molecule has 0 fully saturated rings. The van der Waals surface area contributed by atoms with Crippen molar-refractivity contribution in [2.45, 2.75) is 19.8 Å². The molecule has 1 rings (SSSR count). The van der Waals surface area contributed by atoms with Gasteiger partial charge in [-0.05, 0) is 46.7 Å². The van der Waals surface area contributed by atoms with Crippen LogP contribution < -0.4 is 0 Å². The lowest BCUT2D eigenvalue weighted by molar-refractivity contribution is 0.145. The maximum Gasteiger partial charge on any atom is 0.280 e. The number of nitrogens with zero attached hydrogens (tertiary/aromatic N) is 2. The Labute approximate surface area is 94.1 Å². The molecule has 74 valence electrons. The van der Waals surface area contributed by atoms with E-state index in [0.29, 0.717) is 14.8 Å². The standard InChI is InChI=1S/C9H7F2IN2/c1-5-6(2-3-13)4-7(12)14-8(5)9(10)11/h4,9H,2H2,1H3. The second-order valence-electron chi connectivity index (χ2n) is 2.75. The minimum Gasteiger partial charge on any atom is -0.241 e. The summed E-state index contributed by atoms with van der Waals surface area (Å²) >= 11 is 1.87. The molecule has 0 saturated heterocycles. The van der Waals surface area contributed by atoms with Crippen LogP contribution in [0, 0.1) is 22.0 Å². The van der Waals surface area contributed by atoms with Crippen molar-refractivity contribution >= 4 is 22.6 Å². The molecule has 0 bridgehead atoms. The van der Waals surface area contributed by atoms with Gasteiger partial charge < -0.3 is 0 Å². The van der Waals surface area contributed by atoms with E-state index in [9.17, 15) is 8.78 Å². The molecule has 1 aromatic rings. The van der Waals surface area contributed by atoms with Gasteiger partial charge in [0.2, 0.25) is 0 Å². The highest BCUT2D eigenvalue weighted by atomic mass is 127. The molecule has 0 spiro atoms. The molecule has 0 N–H and O–H groups in total. The number of aromatic nitrogens is 1. The summed E-state index contributed by atoms with van der Waals surface area (Å²) in [7, 11) is 0. The van der Waals surface area contributed by atoms with Crippen LogP contribution in [-0.2, 0) is 6.42 Å². The zero-order valence-electron chi connectivity index (χ0n) is 7.39. The number of alkyl halides is 2. The molecule has 0 radical (unpaired) electrons. The smallest absolute Gasteiger partial charge is 0.241 e. The van der Waals surface area contributed by atoms with Gasteiger partial charge in [-0.25, -0.2) is 13.8 Å². The number of halogens is 3. The van der Waals surface area contributed by atoms with E-state index in [-0.39, 0.29) is 12.1 Å².